The van der Waals surface area contributed by atoms with Gasteiger partial charge in [-0.3, -0.25) is 4.79 Å². The minimum Gasteiger partial charge on any atom is -0.497 e. The monoisotopic (exact) mass is 395 g/mol. The van der Waals surface area contributed by atoms with E-state index < -0.39 is 0 Å². The van der Waals surface area contributed by atoms with E-state index in [2.05, 4.69) is 10.1 Å². The Labute approximate surface area is 168 Å². The molecule has 0 bridgehead atoms. The summed E-state index contributed by atoms with van der Waals surface area (Å²) < 4.78 is 22.9. The summed E-state index contributed by atoms with van der Waals surface area (Å²) in [6.07, 6.45) is 0. The molecular formula is C21H21N3O5. The fourth-order valence-electron chi connectivity index (χ4n) is 2.84. The lowest BCUT2D eigenvalue weighted by Crippen LogP contribution is -2.15. The molecule has 1 aromatic heterocycles. The first-order valence-corrected chi connectivity index (χ1v) is 9.24. The molecule has 29 heavy (non-hydrogen) atoms. The number of hydrogen-bond donors (Lipinski definition) is 0. The number of ether oxygens (including phenoxy) is 4. The van der Waals surface area contributed by atoms with Crippen LogP contribution < -0.4 is 18.9 Å². The molecule has 0 saturated heterocycles. The van der Waals surface area contributed by atoms with Crippen molar-refractivity contribution in [3.63, 3.8) is 0 Å². The van der Waals surface area contributed by atoms with Crippen molar-refractivity contribution >= 4 is 5.91 Å². The molecule has 0 radical (unpaired) electrons. The number of methoxy groups -OCH3 is 1. The van der Waals surface area contributed by atoms with E-state index >= 15 is 0 Å². The maximum atomic E-state index is 13.2. The lowest BCUT2D eigenvalue weighted by molar-refractivity contribution is 0.0944. The van der Waals surface area contributed by atoms with Crippen LogP contribution in [-0.2, 0) is 0 Å². The summed E-state index contributed by atoms with van der Waals surface area (Å²) >= 11 is 0. The molecular weight excluding hydrogens is 374 g/mol. The Bertz CT molecular complexity index is 1040. The predicted octanol–water partition coefficient (Wildman–Crippen LogP) is 3.41. The molecule has 8 heteroatoms. The Morgan fingerprint density at radius 1 is 1.17 bits per heavy atom. The van der Waals surface area contributed by atoms with Gasteiger partial charge in [0.05, 0.1) is 13.7 Å². The van der Waals surface area contributed by atoms with Gasteiger partial charge < -0.3 is 18.9 Å². The van der Waals surface area contributed by atoms with E-state index in [0.717, 1.165) is 0 Å². The highest BCUT2D eigenvalue weighted by Gasteiger charge is 2.23. The third-order valence-electron chi connectivity index (χ3n) is 4.27. The number of rotatable bonds is 6. The molecule has 1 aliphatic heterocycles. The third-order valence-corrected chi connectivity index (χ3v) is 4.27. The molecule has 0 unspecified atom stereocenters. The topological polar surface area (TPSA) is 84.7 Å². The number of carbonyl (C=O) groups is 1. The van der Waals surface area contributed by atoms with Crippen LogP contribution in [0.5, 0.6) is 23.3 Å². The first-order valence-electron chi connectivity index (χ1n) is 9.24. The Balaban J connectivity index is 1.74. The maximum absolute atomic E-state index is 13.2. The number of fused-ring (bicyclic) bond motifs is 1. The van der Waals surface area contributed by atoms with E-state index in [1.54, 1.807) is 31.4 Å². The summed E-state index contributed by atoms with van der Waals surface area (Å²) in [6.45, 7) is 4.63. The molecule has 2 aromatic carbocycles. The van der Waals surface area contributed by atoms with E-state index in [1.165, 1.54) is 4.68 Å². The highest BCUT2D eigenvalue weighted by Crippen LogP contribution is 2.33. The molecule has 0 spiro atoms. The quantitative estimate of drug-likeness (QED) is 0.632. The molecule has 4 rings (SSSR count). The van der Waals surface area contributed by atoms with Crippen LogP contribution in [0.2, 0.25) is 0 Å². The fraction of sp³-hybridized carbons (Fsp3) is 0.286. The van der Waals surface area contributed by atoms with Crippen LogP contribution in [0.25, 0.3) is 11.4 Å². The van der Waals surface area contributed by atoms with Crippen molar-refractivity contribution in [1.82, 2.24) is 14.8 Å². The van der Waals surface area contributed by atoms with Crippen molar-refractivity contribution in [2.75, 3.05) is 20.5 Å². The minimum absolute atomic E-state index is 0.137. The van der Waals surface area contributed by atoms with Gasteiger partial charge in [-0.25, -0.2) is 0 Å². The van der Waals surface area contributed by atoms with Gasteiger partial charge in [0.2, 0.25) is 6.79 Å². The first kappa shape index (κ1) is 18.8. The van der Waals surface area contributed by atoms with E-state index in [0.29, 0.717) is 46.7 Å². The number of nitrogens with zero attached hydrogens (tertiary/aromatic N) is 3. The number of carbonyl (C=O) groups excluding carboxylic acids is 1. The largest absolute Gasteiger partial charge is 0.497 e. The summed E-state index contributed by atoms with van der Waals surface area (Å²) in [5, 5.41) is 4.30. The maximum Gasteiger partial charge on any atom is 0.336 e. The molecule has 3 aromatic rings. The molecule has 1 aliphatic rings. The molecule has 8 nitrogen and oxygen atoms in total. The van der Waals surface area contributed by atoms with Gasteiger partial charge in [-0.15, -0.1) is 5.10 Å². The predicted molar refractivity (Wildman–Crippen MR) is 105 cm³/mol. The third kappa shape index (κ3) is 3.87. The molecule has 0 atom stereocenters. The van der Waals surface area contributed by atoms with Crippen molar-refractivity contribution in [2.45, 2.75) is 13.8 Å². The average Bonchev–Trinajstić information content (AvgIpc) is 3.38. The average molecular weight is 395 g/mol. The van der Waals surface area contributed by atoms with E-state index in [9.17, 15) is 4.79 Å². The molecule has 0 aliphatic carbocycles. The van der Waals surface area contributed by atoms with Crippen LogP contribution in [0.15, 0.2) is 42.5 Å². The Morgan fingerprint density at radius 3 is 2.79 bits per heavy atom. The Kier molecular flexibility index (Phi) is 5.07. The Morgan fingerprint density at radius 2 is 2.00 bits per heavy atom. The minimum atomic E-state index is -0.354. The molecule has 150 valence electrons. The number of hydrogen-bond acceptors (Lipinski definition) is 7. The highest BCUT2D eigenvalue weighted by atomic mass is 16.7. The summed E-state index contributed by atoms with van der Waals surface area (Å²) in [4.78, 5) is 17.7. The van der Waals surface area contributed by atoms with Crippen molar-refractivity contribution in [1.29, 1.82) is 0 Å². The van der Waals surface area contributed by atoms with Crippen LogP contribution in [0, 0.1) is 5.92 Å². The van der Waals surface area contributed by atoms with E-state index in [1.807, 2.05) is 32.0 Å². The zero-order chi connectivity index (χ0) is 20.4. The highest BCUT2D eigenvalue weighted by molar-refractivity contribution is 5.98. The summed E-state index contributed by atoms with van der Waals surface area (Å²) in [5.74, 6) is 2.09. The SMILES string of the molecule is COc1cccc(-c2nc(OCC(C)C)nn2C(=O)c2ccc3c(c2)OCO3)c1. The zero-order valence-corrected chi connectivity index (χ0v) is 16.4. The van der Waals surface area contributed by atoms with Crippen LogP contribution in [-0.4, -0.2) is 41.2 Å². The van der Waals surface area contributed by atoms with Gasteiger partial charge in [-0.05, 0) is 36.2 Å². The van der Waals surface area contributed by atoms with Crippen molar-refractivity contribution in [3.05, 3.63) is 48.0 Å². The number of benzene rings is 2. The van der Waals surface area contributed by atoms with Crippen LogP contribution in [0.3, 0.4) is 0 Å². The van der Waals surface area contributed by atoms with Crippen LogP contribution in [0.4, 0.5) is 0 Å². The van der Waals surface area contributed by atoms with Gasteiger partial charge in [-0.1, -0.05) is 26.0 Å². The van der Waals surface area contributed by atoms with E-state index in [4.69, 9.17) is 18.9 Å². The Hall–Kier alpha value is -3.55. The van der Waals surface area contributed by atoms with E-state index in [-0.39, 0.29) is 18.7 Å². The molecule has 0 N–H and O–H groups in total. The zero-order valence-electron chi connectivity index (χ0n) is 16.4. The number of aromatic nitrogens is 3. The van der Waals surface area contributed by atoms with Gasteiger partial charge in [-0.2, -0.15) is 9.67 Å². The van der Waals surface area contributed by atoms with Crippen molar-refractivity contribution in [2.24, 2.45) is 5.92 Å². The van der Waals surface area contributed by atoms with Gasteiger partial charge >= 0.3 is 6.01 Å². The van der Waals surface area contributed by atoms with Crippen molar-refractivity contribution in [3.8, 4) is 34.6 Å². The first-order chi connectivity index (χ1) is 14.0. The summed E-state index contributed by atoms with van der Waals surface area (Å²) in [6, 6.07) is 12.4. The summed E-state index contributed by atoms with van der Waals surface area (Å²) in [7, 11) is 1.58. The fourth-order valence-corrected chi connectivity index (χ4v) is 2.84. The second kappa shape index (κ2) is 7.83. The normalized spacial score (nSPS) is 12.3. The molecule has 0 amide bonds. The van der Waals surface area contributed by atoms with Crippen LogP contribution >= 0.6 is 0 Å². The van der Waals surface area contributed by atoms with Gasteiger partial charge in [0.1, 0.15) is 5.75 Å². The second-order valence-corrected chi connectivity index (χ2v) is 6.94. The van der Waals surface area contributed by atoms with Gasteiger partial charge in [0.25, 0.3) is 5.91 Å². The van der Waals surface area contributed by atoms with Crippen LogP contribution in [0.1, 0.15) is 24.2 Å². The van der Waals surface area contributed by atoms with Crippen molar-refractivity contribution < 1.29 is 23.7 Å². The molecule has 0 fully saturated rings. The smallest absolute Gasteiger partial charge is 0.336 e. The lowest BCUT2D eigenvalue weighted by atomic mass is 10.1. The molecule has 2 heterocycles. The summed E-state index contributed by atoms with van der Waals surface area (Å²) in [5.41, 5.74) is 1.09. The van der Waals surface area contributed by atoms with Gasteiger partial charge in [0.15, 0.2) is 17.3 Å². The standard InChI is InChI=1S/C21H21N3O5/c1-13(2)11-27-21-22-19(14-5-4-6-16(9-14)26-3)24(23-21)20(25)15-7-8-17-18(10-15)29-12-28-17/h4-10,13H,11-12H2,1-3H3. The molecule has 0 saturated carbocycles. The lowest BCUT2D eigenvalue weighted by Gasteiger charge is -2.07. The second-order valence-electron chi connectivity index (χ2n) is 6.94. The van der Waals surface area contributed by atoms with Gasteiger partial charge in [0, 0.05) is 11.1 Å².